The summed E-state index contributed by atoms with van der Waals surface area (Å²) >= 11 is 0. The van der Waals surface area contributed by atoms with Crippen LogP contribution in [0, 0.1) is 27.4 Å². The van der Waals surface area contributed by atoms with Gasteiger partial charge in [-0.2, -0.15) is 5.26 Å². The Morgan fingerprint density at radius 1 is 1.06 bits per heavy atom. The number of carbonyl (C=O) groups excluding carboxylic acids is 2. The molecule has 34 heavy (non-hydrogen) atoms. The summed E-state index contributed by atoms with van der Waals surface area (Å²) in [7, 11) is 0. The maximum Gasteiger partial charge on any atom is 0.269 e. The van der Waals surface area contributed by atoms with Gasteiger partial charge in [-0.05, 0) is 42.0 Å². The summed E-state index contributed by atoms with van der Waals surface area (Å²) in [5.41, 5.74) is 0.816. The van der Waals surface area contributed by atoms with Crippen LogP contribution in [0.25, 0.3) is 5.57 Å². The van der Waals surface area contributed by atoms with E-state index < -0.39 is 22.9 Å². The van der Waals surface area contributed by atoms with Crippen LogP contribution in [0.5, 0.6) is 0 Å². The molecular weight excluding hydrogens is 436 g/mol. The zero-order chi connectivity index (χ0) is 25.3. The number of carbonyl (C=O) groups is 2. The molecule has 0 spiro atoms. The Balaban J connectivity index is 2.45. The maximum absolute atomic E-state index is 13.1. The fourth-order valence-corrected chi connectivity index (χ4v) is 3.48. The van der Waals surface area contributed by atoms with Crippen molar-refractivity contribution >= 4 is 23.1 Å². The molecule has 3 N–H and O–H groups in total. The van der Waals surface area contributed by atoms with Crippen molar-refractivity contribution in [2.75, 3.05) is 0 Å². The van der Waals surface area contributed by atoms with Gasteiger partial charge in [0.1, 0.15) is 17.9 Å². The largest absolute Gasteiger partial charge is 0.509 e. The van der Waals surface area contributed by atoms with Gasteiger partial charge in [-0.25, -0.2) is 0 Å². The highest BCUT2D eigenvalue weighted by Gasteiger charge is 2.27. The standard InChI is InChI=1S/C25H28N4O5/c1-16(2)13-23(27-17(3)30)25(32)28-22(14-18-7-5-4-6-8-18)24(31)21(15-26)19-9-11-20(12-10-19)29(33)34/h4-12,16,22-23,31H,13-14H2,1-3H3,(H,27,30)(H,28,32)/b24-21-/t22-,23?/m0/s1. The number of nitrogens with one attached hydrogen (secondary N) is 2. The first-order chi connectivity index (χ1) is 16.1. The van der Waals surface area contributed by atoms with Crippen LogP contribution in [-0.4, -0.2) is 33.9 Å². The number of nitriles is 1. The number of benzene rings is 2. The van der Waals surface area contributed by atoms with Gasteiger partial charge in [0.05, 0.1) is 16.5 Å². The zero-order valence-corrected chi connectivity index (χ0v) is 19.3. The second-order valence-electron chi connectivity index (χ2n) is 8.31. The summed E-state index contributed by atoms with van der Waals surface area (Å²) < 4.78 is 0. The monoisotopic (exact) mass is 464 g/mol. The predicted molar refractivity (Wildman–Crippen MR) is 127 cm³/mol. The van der Waals surface area contributed by atoms with Crippen LogP contribution in [0.3, 0.4) is 0 Å². The summed E-state index contributed by atoms with van der Waals surface area (Å²) in [4.78, 5) is 35.1. The van der Waals surface area contributed by atoms with Gasteiger partial charge >= 0.3 is 0 Å². The lowest BCUT2D eigenvalue weighted by Gasteiger charge is -2.24. The molecule has 9 nitrogen and oxygen atoms in total. The van der Waals surface area contributed by atoms with Gasteiger partial charge in [-0.1, -0.05) is 44.2 Å². The Morgan fingerprint density at radius 3 is 2.18 bits per heavy atom. The van der Waals surface area contributed by atoms with E-state index in [0.717, 1.165) is 5.56 Å². The van der Waals surface area contributed by atoms with Crippen molar-refractivity contribution in [3.05, 3.63) is 81.6 Å². The summed E-state index contributed by atoms with van der Waals surface area (Å²) in [5.74, 6) is -1.10. The number of aliphatic hydroxyl groups excluding tert-OH is 1. The fourth-order valence-electron chi connectivity index (χ4n) is 3.48. The summed E-state index contributed by atoms with van der Waals surface area (Å²) in [6, 6.07) is 14.5. The Kier molecular flexibility index (Phi) is 9.32. The number of nitro benzene ring substituents is 1. The number of hydrogen-bond acceptors (Lipinski definition) is 6. The zero-order valence-electron chi connectivity index (χ0n) is 19.3. The fraction of sp³-hybridized carbons (Fsp3) is 0.320. The van der Waals surface area contributed by atoms with Crippen LogP contribution < -0.4 is 10.6 Å². The molecule has 0 aromatic heterocycles. The average Bonchev–Trinajstić information content (AvgIpc) is 2.79. The van der Waals surface area contributed by atoms with Crippen LogP contribution in [-0.2, 0) is 16.0 Å². The van der Waals surface area contributed by atoms with E-state index in [2.05, 4.69) is 10.6 Å². The molecule has 2 rings (SSSR count). The average molecular weight is 465 g/mol. The van der Waals surface area contributed by atoms with Gasteiger partial charge in [0.2, 0.25) is 11.8 Å². The lowest BCUT2D eigenvalue weighted by atomic mass is 9.96. The first-order valence-electron chi connectivity index (χ1n) is 10.8. The molecule has 0 aliphatic carbocycles. The van der Waals surface area contributed by atoms with Gasteiger partial charge in [-0.3, -0.25) is 19.7 Å². The summed E-state index contributed by atoms with van der Waals surface area (Å²) in [6.45, 7) is 5.16. The van der Waals surface area contributed by atoms with E-state index in [1.807, 2.05) is 50.2 Å². The van der Waals surface area contributed by atoms with Crippen molar-refractivity contribution in [3.8, 4) is 6.07 Å². The van der Waals surface area contributed by atoms with E-state index >= 15 is 0 Å². The lowest BCUT2D eigenvalue weighted by Crippen LogP contribution is -2.50. The van der Waals surface area contributed by atoms with E-state index in [1.165, 1.54) is 31.2 Å². The van der Waals surface area contributed by atoms with Crippen LogP contribution in [0.4, 0.5) is 5.69 Å². The Hall–Kier alpha value is -4.19. The van der Waals surface area contributed by atoms with E-state index in [1.54, 1.807) is 0 Å². The number of nitrogens with zero attached hydrogens (tertiary/aromatic N) is 2. The van der Waals surface area contributed by atoms with E-state index in [9.17, 15) is 30.1 Å². The minimum atomic E-state index is -0.969. The SMILES string of the molecule is CC(=O)NC(CC(C)C)C(=O)N[C@@H](Cc1ccccc1)/C(O)=C(\C#N)c1ccc([N+](=O)[O-])cc1. The van der Waals surface area contributed by atoms with Crippen LogP contribution in [0.15, 0.2) is 60.4 Å². The second kappa shape index (κ2) is 12.2. The number of nitro groups is 1. The molecule has 0 saturated heterocycles. The van der Waals surface area contributed by atoms with E-state index in [4.69, 9.17) is 0 Å². The highest BCUT2D eigenvalue weighted by molar-refractivity contribution is 5.88. The Labute approximate surface area is 198 Å². The minimum absolute atomic E-state index is 0.115. The number of non-ortho nitro benzene ring substituents is 1. The van der Waals surface area contributed by atoms with Gasteiger partial charge in [0.15, 0.2) is 0 Å². The van der Waals surface area contributed by atoms with E-state index in [0.29, 0.717) is 6.42 Å². The summed E-state index contributed by atoms with van der Waals surface area (Å²) in [5, 5.41) is 37.2. The molecule has 0 heterocycles. The van der Waals surface area contributed by atoms with Gasteiger partial charge in [0.25, 0.3) is 5.69 Å². The number of hydrogen-bond donors (Lipinski definition) is 3. The normalized spacial score (nSPS) is 13.3. The third-order valence-corrected chi connectivity index (χ3v) is 5.07. The van der Waals surface area contributed by atoms with E-state index in [-0.39, 0.29) is 40.8 Å². The third-order valence-electron chi connectivity index (χ3n) is 5.07. The highest BCUT2D eigenvalue weighted by Crippen LogP contribution is 2.23. The van der Waals surface area contributed by atoms with Crippen LogP contribution in [0.1, 0.15) is 38.3 Å². The Morgan fingerprint density at radius 2 is 1.68 bits per heavy atom. The molecule has 9 heteroatoms. The van der Waals surface area contributed by atoms with Crippen molar-refractivity contribution in [1.82, 2.24) is 10.6 Å². The molecule has 2 aromatic carbocycles. The van der Waals surface area contributed by atoms with Crippen LogP contribution >= 0.6 is 0 Å². The molecule has 2 aromatic rings. The molecule has 0 saturated carbocycles. The number of rotatable bonds is 10. The van der Waals surface area contributed by atoms with Crippen molar-refractivity contribution in [3.63, 3.8) is 0 Å². The van der Waals surface area contributed by atoms with Crippen molar-refractivity contribution < 1.29 is 19.6 Å². The van der Waals surface area contributed by atoms with Crippen molar-refractivity contribution in [2.45, 2.75) is 45.7 Å². The topological polar surface area (TPSA) is 145 Å². The molecule has 1 unspecified atom stereocenters. The quantitative estimate of drug-likeness (QED) is 0.212. The molecule has 2 atom stereocenters. The first kappa shape index (κ1) is 26.1. The molecule has 0 radical (unpaired) electrons. The highest BCUT2D eigenvalue weighted by atomic mass is 16.6. The number of amides is 2. The lowest BCUT2D eigenvalue weighted by molar-refractivity contribution is -0.384. The van der Waals surface area contributed by atoms with Crippen molar-refractivity contribution in [1.29, 1.82) is 5.26 Å². The Bertz CT molecular complexity index is 1090. The molecule has 0 bridgehead atoms. The van der Waals surface area contributed by atoms with Crippen LogP contribution in [0.2, 0.25) is 0 Å². The molecule has 2 amide bonds. The first-order valence-corrected chi connectivity index (χ1v) is 10.8. The minimum Gasteiger partial charge on any atom is -0.509 e. The predicted octanol–water partition coefficient (Wildman–Crippen LogP) is 3.67. The van der Waals surface area contributed by atoms with Crippen molar-refractivity contribution in [2.24, 2.45) is 5.92 Å². The molecule has 178 valence electrons. The molecule has 0 aliphatic heterocycles. The molecule has 0 fully saturated rings. The maximum atomic E-state index is 13.1. The second-order valence-corrected chi connectivity index (χ2v) is 8.31. The summed E-state index contributed by atoms with van der Waals surface area (Å²) in [6.07, 6.45) is 0.576. The van der Waals surface area contributed by atoms with Gasteiger partial charge in [0, 0.05) is 19.1 Å². The smallest absolute Gasteiger partial charge is 0.269 e. The third kappa shape index (κ3) is 7.45. The molecule has 0 aliphatic rings. The van der Waals surface area contributed by atoms with Gasteiger partial charge < -0.3 is 15.7 Å². The number of allylic oxidation sites excluding steroid dienone is 1. The number of aliphatic hydroxyl groups is 1. The molecular formula is C25H28N4O5. The van der Waals surface area contributed by atoms with Gasteiger partial charge in [-0.15, -0.1) is 0 Å².